The van der Waals surface area contributed by atoms with Crippen LogP contribution in [-0.4, -0.2) is 0 Å². The lowest BCUT2D eigenvalue weighted by Gasteiger charge is -1.93. The van der Waals surface area contributed by atoms with E-state index in [1.807, 2.05) is 55.2 Å². The lowest BCUT2D eigenvalue weighted by molar-refractivity contribution is -0.671. The Morgan fingerprint density at radius 1 is 1.23 bits per heavy atom. The fraction of sp³-hybridized carbons (Fsp3) is 0.182. The minimum atomic E-state index is 0.925. The number of hydrogen-bond acceptors (Lipinski definition) is 1. The maximum atomic E-state index is 5.51. The highest BCUT2D eigenvalue weighted by atomic mass is 16.3. The van der Waals surface area contributed by atoms with Crippen molar-refractivity contribution in [2.75, 3.05) is 0 Å². The lowest BCUT2D eigenvalue weighted by atomic mass is 10.2. The van der Waals surface area contributed by atoms with Crippen LogP contribution in [0.4, 0.5) is 0 Å². The molecule has 0 amide bonds. The van der Waals surface area contributed by atoms with Crippen LogP contribution in [-0.2, 0) is 7.05 Å². The van der Waals surface area contributed by atoms with Crippen LogP contribution in [0.5, 0.6) is 0 Å². The predicted molar refractivity (Wildman–Crippen MR) is 50.1 cm³/mol. The molecule has 2 heteroatoms. The van der Waals surface area contributed by atoms with E-state index in [1.165, 1.54) is 0 Å². The fourth-order valence-corrected chi connectivity index (χ4v) is 1.32. The molecule has 0 N–H and O–H groups in total. The zero-order valence-corrected chi connectivity index (χ0v) is 7.82. The summed E-state index contributed by atoms with van der Waals surface area (Å²) in [5.41, 5.74) is 1.11. The molecule has 13 heavy (non-hydrogen) atoms. The largest absolute Gasteiger partial charge is 0.461 e. The third-order valence-electron chi connectivity index (χ3n) is 1.96. The molecule has 0 saturated carbocycles. The molecule has 66 valence electrons. The van der Waals surface area contributed by atoms with Crippen LogP contribution in [0.3, 0.4) is 0 Å². The smallest absolute Gasteiger partial charge is 0.179 e. The molecule has 0 bridgehead atoms. The van der Waals surface area contributed by atoms with Crippen LogP contribution in [0.1, 0.15) is 5.76 Å². The van der Waals surface area contributed by atoms with Crippen molar-refractivity contribution in [2.45, 2.75) is 6.92 Å². The predicted octanol–water partition coefficient (Wildman–Crippen LogP) is 2.08. The van der Waals surface area contributed by atoms with E-state index in [9.17, 15) is 0 Å². The molecule has 0 fully saturated rings. The number of furan rings is 1. The summed E-state index contributed by atoms with van der Waals surface area (Å²) in [5, 5.41) is 0. The average Bonchev–Trinajstić information content (AvgIpc) is 2.52. The van der Waals surface area contributed by atoms with E-state index in [2.05, 4.69) is 0 Å². The van der Waals surface area contributed by atoms with Crippen molar-refractivity contribution in [3.05, 3.63) is 42.4 Å². The fourth-order valence-electron chi connectivity index (χ4n) is 1.32. The first kappa shape index (κ1) is 8.05. The summed E-state index contributed by atoms with van der Waals surface area (Å²) in [5.74, 6) is 1.87. The van der Waals surface area contributed by atoms with Crippen LogP contribution in [0.15, 0.2) is 41.1 Å². The Balaban J connectivity index is 2.46. The van der Waals surface area contributed by atoms with Crippen molar-refractivity contribution >= 4 is 0 Å². The van der Waals surface area contributed by atoms with Crippen LogP contribution < -0.4 is 4.57 Å². The van der Waals surface area contributed by atoms with Crippen molar-refractivity contribution in [2.24, 2.45) is 7.05 Å². The van der Waals surface area contributed by atoms with Crippen LogP contribution in [0.25, 0.3) is 11.3 Å². The number of pyridine rings is 1. The van der Waals surface area contributed by atoms with Gasteiger partial charge in [-0.15, -0.1) is 0 Å². The van der Waals surface area contributed by atoms with Gasteiger partial charge in [-0.2, -0.15) is 0 Å². The number of rotatable bonds is 1. The van der Waals surface area contributed by atoms with Crippen molar-refractivity contribution < 1.29 is 8.98 Å². The van der Waals surface area contributed by atoms with Gasteiger partial charge in [0.05, 0.1) is 5.56 Å². The van der Waals surface area contributed by atoms with Gasteiger partial charge in [0.25, 0.3) is 0 Å². The van der Waals surface area contributed by atoms with Crippen molar-refractivity contribution in [3.8, 4) is 11.3 Å². The molecule has 2 aromatic heterocycles. The summed E-state index contributed by atoms with van der Waals surface area (Å²) in [6, 6.07) is 8.01. The zero-order chi connectivity index (χ0) is 9.26. The van der Waals surface area contributed by atoms with Crippen molar-refractivity contribution in [1.29, 1.82) is 0 Å². The van der Waals surface area contributed by atoms with E-state index in [4.69, 9.17) is 4.42 Å². The van der Waals surface area contributed by atoms with Crippen LogP contribution >= 0.6 is 0 Å². The number of aryl methyl sites for hydroxylation is 2. The van der Waals surface area contributed by atoms with Gasteiger partial charge in [-0.25, -0.2) is 4.57 Å². The van der Waals surface area contributed by atoms with Gasteiger partial charge in [-0.1, -0.05) is 0 Å². The monoisotopic (exact) mass is 174 g/mol. The van der Waals surface area contributed by atoms with Gasteiger partial charge in [-0.05, 0) is 25.1 Å². The van der Waals surface area contributed by atoms with Crippen LogP contribution in [0.2, 0.25) is 0 Å². The summed E-state index contributed by atoms with van der Waals surface area (Å²) in [6.07, 6.45) is 4.04. The third kappa shape index (κ3) is 1.61. The van der Waals surface area contributed by atoms with Gasteiger partial charge >= 0.3 is 0 Å². The molecule has 0 radical (unpaired) electrons. The molecule has 0 unspecified atom stereocenters. The molecule has 0 spiro atoms. The quantitative estimate of drug-likeness (QED) is 0.605. The Bertz CT molecular complexity index is 418. The van der Waals surface area contributed by atoms with Crippen molar-refractivity contribution in [1.82, 2.24) is 0 Å². The first-order valence-electron chi connectivity index (χ1n) is 4.28. The highest BCUT2D eigenvalue weighted by Gasteiger charge is 2.04. The highest BCUT2D eigenvalue weighted by Crippen LogP contribution is 2.19. The Morgan fingerprint density at radius 2 is 2.08 bits per heavy atom. The minimum absolute atomic E-state index is 0.925. The molecule has 0 saturated heterocycles. The third-order valence-corrected chi connectivity index (χ3v) is 1.96. The topological polar surface area (TPSA) is 17.0 Å². The van der Waals surface area contributed by atoms with Gasteiger partial charge in [0.15, 0.2) is 12.4 Å². The summed E-state index contributed by atoms with van der Waals surface area (Å²) in [6.45, 7) is 1.95. The summed E-state index contributed by atoms with van der Waals surface area (Å²) >= 11 is 0. The van der Waals surface area contributed by atoms with E-state index in [0.29, 0.717) is 0 Å². The van der Waals surface area contributed by atoms with Gasteiger partial charge in [0.2, 0.25) is 0 Å². The zero-order valence-electron chi connectivity index (χ0n) is 7.82. The normalized spacial score (nSPS) is 10.3. The van der Waals surface area contributed by atoms with Gasteiger partial charge in [-0.3, -0.25) is 0 Å². The van der Waals surface area contributed by atoms with Gasteiger partial charge in [0.1, 0.15) is 18.6 Å². The van der Waals surface area contributed by atoms with E-state index in [-0.39, 0.29) is 0 Å². The molecule has 2 heterocycles. The molecule has 0 aliphatic carbocycles. The molecular formula is C11H12NO+. The summed E-state index contributed by atoms with van der Waals surface area (Å²) < 4.78 is 7.52. The molecule has 2 nitrogen and oxygen atoms in total. The Hall–Kier alpha value is -1.57. The SMILES string of the molecule is Cc1ccc(-c2ccc[n+](C)c2)o1. The second-order valence-corrected chi connectivity index (χ2v) is 3.17. The summed E-state index contributed by atoms with van der Waals surface area (Å²) in [4.78, 5) is 0. The van der Waals surface area contributed by atoms with Crippen molar-refractivity contribution in [3.63, 3.8) is 0 Å². The number of nitrogens with zero attached hydrogens (tertiary/aromatic N) is 1. The van der Waals surface area contributed by atoms with E-state index in [0.717, 1.165) is 17.1 Å². The molecule has 0 aliphatic rings. The van der Waals surface area contributed by atoms with Gasteiger partial charge < -0.3 is 4.42 Å². The molecular weight excluding hydrogens is 162 g/mol. The maximum absolute atomic E-state index is 5.51. The first-order chi connectivity index (χ1) is 6.25. The number of hydrogen-bond donors (Lipinski definition) is 0. The first-order valence-corrected chi connectivity index (χ1v) is 4.28. The van der Waals surface area contributed by atoms with Crippen LogP contribution in [0, 0.1) is 6.92 Å². The molecule has 2 aromatic rings. The van der Waals surface area contributed by atoms with Gasteiger partial charge in [0, 0.05) is 6.07 Å². The molecule has 0 atom stereocenters. The Labute approximate surface area is 77.4 Å². The number of aromatic nitrogens is 1. The Kier molecular flexibility index (Phi) is 1.89. The molecule has 2 rings (SSSR count). The highest BCUT2D eigenvalue weighted by molar-refractivity contribution is 5.54. The second kappa shape index (κ2) is 3.05. The van der Waals surface area contributed by atoms with E-state index in [1.54, 1.807) is 0 Å². The maximum Gasteiger partial charge on any atom is 0.179 e. The minimum Gasteiger partial charge on any atom is -0.461 e. The molecule has 0 aliphatic heterocycles. The molecule has 0 aromatic carbocycles. The second-order valence-electron chi connectivity index (χ2n) is 3.17. The lowest BCUT2D eigenvalue weighted by Crippen LogP contribution is -2.26. The average molecular weight is 174 g/mol. The Morgan fingerprint density at radius 3 is 2.69 bits per heavy atom. The van der Waals surface area contributed by atoms with E-state index < -0.39 is 0 Å². The standard InChI is InChI=1S/C11H12NO/c1-9-5-6-11(13-9)10-4-3-7-12(2)8-10/h3-8H,1-2H3/q+1. The van der Waals surface area contributed by atoms with E-state index >= 15 is 0 Å². The summed E-state index contributed by atoms with van der Waals surface area (Å²) in [7, 11) is 2.00.